The summed E-state index contributed by atoms with van der Waals surface area (Å²) in [5.41, 5.74) is 6.81. The first-order valence-electron chi connectivity index (χ1n) is 9.30. The zero-order valence-electron chi connectivity index (χ0n) is 17.3. The molecule has 1 heterocycles. The largest absolute Gasteiger partial charge is 0.368 e. The summed E-state index contributed by atoms with van der Waals surface area (Å²) >= 11 is 0. The molecule has 0 aromatic heterocycles. The maximum Gasteiger partial charge on any atom is 0.251 e. The molecule has 2 amide bonds. The molecule has 0 atom stereocenters. The van der Waals surface area contributed by atoms with Gasteiger partial charge in [0.1, 0.15) is 0 Å². The van der Waals surface area contributed by atoms with E-state index >= 15 is 0 Å². The van der Waals surface area contributed by atoms with Crippen molar-refractivity contribution in [2.45, 2.75) is 46.7 Å². The minimum atomic E-state index is -0.567. The Kier molecular flexibility index (Phi) is 8.28. The van der Waals surface area contributed by atoms with Gasteiger partial charge in [0.2, 0.25) is 5.91 Å². The summed E-state index contributed by atoms with van der Waals surface area (Å²) in [5, 5.41) is 5.85. The molecule has 156 valence electrons. The predicted octanol–water partition coefficient (Wildman–Crippen LogP) is 2.11. The lowest BCUT2D eigenvalue weighted by molar-refractivity contribution is -0.117. The Morgan fingerprint density at radius 3 is 2.21 bits per heavy atom. The number of nitrogens with one attached hydrogen (secondary N) is 2. The van der Waals surface area contributed by atoms with Gasteiger partial charge < -0.3 is 21.3 Å². The number of carbonyl (C=O) groups excluding carboxylic acids is 2. The van der Waals surface area contributed by atoms with E-state index in [2.05, 4.69) is 50.2 Å². The molecule has 0 spiro atoms. The lowest BCUT2D eigenvalue weighted by Crippen LogP contribution is -2.72. The van der Waals surface area contributed by atoms with E-state index in [-0.39, 0.29) is 47.4 Å². The van der Waals surface area contributed by atoms with E-state index in [1.165, 1.54) is 0 Å². The number of benzene rings is 1. The van der Waals surface area contributed by atoms with Crippen LogP contribution in [0.25, 0.3) is 0 Å². The van der Waals surface area contributed by atoms with Crippen molar-refractivity contribution in [3.8, 4) is 0 Å². The van der Waals surface area contributed by atoms with Crippen molar-refractivity contribution in [3.05, 3.63) is 35.4 Å². The van der Waals surface area contributed by atoms with E-state index in [1.807, 2.05) is 12.1 Å². The maximum absolute atomic E-state index is 11.9. The second-order valence-corrected chi connectivity index (χ2v) is 8.05. The van der Waals surface area contributed by atoms with Gasteiger partial charge in [-0.3, -0.25) is 9.59 Å². The number of nitrogens with two attached hydrogens (primary N) is 1. The van der Waals surface area contributed by atoms with E-state index in [9.17, 15) is 9.59 Å². The van der Waals surface area contributed by atoms with Gasteiger partial charge in [-0.15, -0.1) is 24.0 Å². The van der Waals surface area contributed by atoms with Crippen molar-refractivity contribution in [1.29, 1.82) is 0 Å². The van der Waals surface area contributed by atoms with Crippen LogP contribution in [0.15, 0.2) is 29.3 Å². The van der Waals surface area contributed by atoms with Crippen molar-refractivity contribution in [2.24, 2.45) is 16.1 Å². The average Bonchev–Trinajstić information content (AvgIpc) is 2.61. The molecule has 1 saturated heterocycles. The summed E-state index contributed by atoms with van der Waals surface area (Å²) in [6.45, 7) is 13.2. The standard InChI is InChI=1S/C20H31N5O2.HI/c1-6-22-18(25-13-19(2,3)20(25,4)5)24-11-14-7-9-15(10-8-14)17(27)23-12-16(21)26;/h7-10H,6,11-13H2,1-5H3,(H2,21,26)(H,22,24)(H,23,27);1H. The average molecular weight is 501 g/mol. The van der Waals surface area contributed by atoms with Crippen LogP contribution in [0.1, 0.15) is 50.5 Å². The van der Waals surface area contributed by atoms with Crippen LogP contribution in [0.4, 0.5) is 0 Å². The highest BCUT2D eigenvalue weighted by Crippen LogP contribution is 2.46. The Labute approximate surface area is 184 Å². The Bertz CT molecular complexity index is 729. The first kappa shape index (κ1) is 24.2. The van der Waals surface area contributed by atoms with Crippen LogP contribution in [0.2, 0.25) is 0 Å². The number of rotatable bonds is 6. The molecule has 0 saturated carbocycles. The first-order chi connectivity index (χ1) is 12.6. The lowest BCUT2D eigenvalue weighted by Gasteiger charge is -2.62. The number of likely N-dealkylation sites (tertiary alicyclic amines) is 1. The number of hydrogen-bond acceptors (Lipinski definition) is 3. The van der Waals surface area contributed by atoms with Gasteiger partial charge in [-0.1, -0.05) is 26.0 Å². The second kappa shape index (κ2) is 9.58. The van der Waals surface area contributed by atoms with Gasteiger partial charge in [0.15, 0.2) is 5.96 Å². The molecule has 1 aromatic rings. The highest BCUT2D eigenvalue weighted by molar-refractivity contribution is 14.0. The van der Waals surface area contributed by atoms with Crippen molar-refractivity contribution >= 4 is 41.8 Å². The monoisotopic (exact) mass is 501 g/mol. The fourth-order valence-electron chi connectivity index (χ4n) is 2.99. The third kappa shape index (κ3) is 5.36. The van der Waals surface area contributed by atoms with Gasteiger partial charge in [0, 0.05) is 29.6 Å². The molecule has 2 rings (SSSR count). The second-order valence-electron chi connectivity index (χ2n) is 8.05. The summed E-state index contributed by atoms with van der Waals surface area (Å²) in [4.78, 5) is 29.7. The van der Waals surface area contributed by atoms with Crippen molar-refractivity contribution in [2.75, 3.05) is 19.6 Å². The van der Waals surface area contributed by atoms with Gasteiger partial charge in [0.05, 0.1) is 13.1 Å². The molecule has 8 heteroatoms. The summed E-state index contributed by atoms with van der Waals surface area (Å²) in [7, 11) is 0. The number of primary amides is 1. The van der Waals surface area contributed by atoms with Crippen LogP contribution in [0.3, 0.4) is 0 Å². The van der Waals surface area contributed by atoms with E-state index in [4.69, 9.17) is 10.7 Å². The summed E-state index contributed by atoms with van der Waals surface area (Å²) in [6, 6.07) is 7.20. The molecule has 1 aromatic carbocycles. The topological polar surface area (TPSA) is 99.8 Å². The molecule has 0 unspecified atom stereocenters. The third-order valence-electron chi connectivity index (χ3n) is 5.53. The molecule has 1 fully saturated rings. The molecule has 7 nitrogen and oxygen atoms in total. The van der Waals surface area contributed by atoms with Gasteiger partial charge in [-0.2, -0.15) is 0 Å². The molecular weight excluding hydrogens is 469 g/mol. The minimum absolute atomic E-state index is 0. The molecule has 1 aliphatic rings. The van der Waals surface area contributed by atoms with Crippen molar-refractivity contribution in [1.82, 2.24) is 15.5 Å². The van der Waals surface area contributed by atoms with Crippen LogP contribution >= 0.6 is 24.0 Å². The summed E-state index contributed by atoms with van der Waals surface area (Å²) < 4.78 is 0. The zero-order chi connectivity index (χ0) is 20.2. The zero-order valence-corrected chi connectivity index (χ0v) is 19.7. The molecule has 1 aliphatic heterocycles. The summed E-state index contributed by atoms with van der Waals surface area (Å²) in [5.74, 6) is 0.0224. The first-order valence-corrected chi connectivity index (χ1v) is 9.30. The van der Waals surface area contributed by atoms with E-state index < -0.39 is 5.91 Å². The quantitative estimate of drug-likeness (QED) is 0.316. The molecule has 28 heavy (non-hydrogen) atoms. The van der Waals surface area contributed by atoms with Crippen LogP contribution in [0.5, 0.6) is 0 Å². The number of carbonyl (C=O) groups is 2. The van der Waals surface area contributed by atoms with Gasteiger partial charge in [-0.05, 0) is 38.5 Å². The van der Waals surface area contributed by atoms with Gasteiger partial charge in [-0.25, -0.2) is 4.99 Å². The Balaban J connectivity index is 0.00000392. The number of guanidine groups is 1. The molecule has 4 N–H and O–H groups in total. The molecule has 0 radical (unpaired) electrons. The number of halogens is 1. The molecular formula is C20H32IN5O2. The van der Waals surface area contributed by atoms with Crippen LogP contribution < -0.4 is 16.4 Å². The Morgan fingerprint density at radius 2 is 1.75 bits per heavy atom. The number of hydrogen-bond donors (Lipinski definition) is 3. The third-order valence-corrected chi connectivity index (χ3v) is 5.53. The Hall–Kier alpha value is -1.84. The van der Waals surface area contributed by atoms with Gasteiger partial charge in [0.25, 0.3) is 5.91 Å². The number of amides is 2. The fraction of sp³-hybridized carbons (Fsp3) is 0.550. The van der Waals surface area contributed by atoms with Crippen LogP contribution in [0, 0.1) is 5.41 Å². The Morgan fingerprint density at radius 1 is 1.14 bits per heavy atom. The van der Waals surface area contributed by atoms with E-state index in [0.29, 0.717) is 12.1 Å². The predicted molar refractivity (Wildman–Crippen MR) is 123 cm³/mol. The normalized spacial score (nSPS) is 17.2. The van der Waals surface area contributed by atoms with Crippen LogP contribution in [-0.4, -0.2) is 47.8 Å². The minimum Gasteiger partial charge on any atom is -0.368 e. The van der Waals surface area contributed by atoms with Crippen molar-refractivity contribution < 1.29 is 9.59 Å². The highest BCUT2D eigenvalue weighted by Gasteiger charge is 2.53. The van der Waals surface area contributed by atoms with E-state index in [1.54, 1.807) is 12.1 Å². The fourth-order valence-corrected chi connectivity index (χ4v) is 2.99. The molecule has 0 bridgehead atoms. The van der Waals surface area contributed by atoms with Crippen LogP contribution in [-0.2, 0) is 11.3 Å². The number of aliphatic imine (C=N–C) groups is 1. The molecule has 0 aliphatic carbocycles. The SMILES string of the molecule is CCNC(=NCc1ccc(C(=O)NCC(N)=O)cc1)N1CC(C)(C)C1(C)C.I. The smallest absolute Gasteiger partial charge is 0.251 e. The summed E-state index contributed by atoms with van der Waals surface area (Å²) in [6.07, 6.45) is 0. The highest BCUT2D eigenvalue weighted by atomic mass is 127. The van der Waals surface area contributed by atoms with Crippen molar-refractivity contribution in [3.63, 3.8) is 0 Å². The van der Waals surface area contributed by atoms with E-state index in [0.717, 1.165) is 24.6 Å². The number of nitrogens with zero attached hydrogens (tertiary/aromatic N) is 2. The lowest BCUT2D eigenvalue weighted by atomic mass is 9.65. The van der Waals surface area contributed by atoms with Gasteiger partial charge >= 0.3 is 0 Å². The maximum atomic E-state index is 11.9.